The van der Waals surface area contributed by atoms with Gasteiger partial charge in [-0.2, -0.15) is 0 Å². The van der Waals surface area contributed by atoms with E-state index in [2.05, 4.69) is 23.6 Å². The highest BCUT2D eigenvalue weighted by atomic mass is 16.1. The number of carbonyl (C=O) groups is 1. The van der Waals surface area contributed by atoms with Crippen LogP contribution >= 0.6 is 0 Å². The molecule has 0 unspecified atom stereocenters. The van der Waals surface area contributed by atoms with Gasteiger partial charge in [-0.3, -0.25) is 4.79 Å². The number of hydrogen-bond acceptors (Lipinski definition) is 2. The first-order valence-electron chi connectivity index (χ1n) is 4.46. The average Bonchev–Trinajstić information content (AvgIpc) is 2.14. The average molecular weight is 182 g/mol. The van der Waals surface area contributed by atoms with Crippen LogP contribution in [-0.4, -0.2) is 20.0 Å². The standard InChI is InChI=1S/C10H18N2O/c1-4-5-10(7-12-8-13)6-9(2)11-3/h5-6,8,11H,4,7H2,1-3H3,(H,12,13)/b9-6+,10-5+. The third-order valence-corrected chi connectivity index (χ3v) is 1.65. The highest BCUT2D eigenvalue weighted by Gasteiger charge is 1.92. The maximum absolute atomic E-state index is 10.1. The van der Waals surface area contributed by atoms with Crippen LogP contribution in [0.5, 0.6) is 0 Å². The van der Waals surface area contributed by atoms with Gasteiger partial charge in [0.25, 0.3) is 0 Å². The van der Waals surface area contributed by atoms with Crippen LogP contribution < -0.4 is 10.6 Å². The minimum absolute atomic E-state index is 0.594. The number of amides is 1. The summed E-state index contributed by atoms with van der Waals surface area (Å²) in [6.45, 7) is 4.66. The Kier molecular flexibility index (Phi) is 6.69. The number of rotatable bonds is 6. The van der Waals surface area contributed by atoms with Crippen molar-refractivity contribution in [1.29, 1.82) is 0 Å². The lowest BCUT2D eigenvalue weighted by molar-refractivity contribution is -0.109. The summed E-state index contributed by atoms with van der Waals surface area (Å²) >= 11 is 0. The Morgan fingerprint density at radius 2 is 2.15 bits per heavy atom. The monoisotopic (exact) mass is 182 g/mol. The van der Waals surface area contributed by atoms with Crippen LogP contribution in [0, 0.1) is 0 Å². The molecular weight excluding hydrogens is 164 g/mol. The third-order valence-electron chi connectivity index (χ3n) is 1.65. The van der Waals surface area contributed by atoms with E-state index in [-0.39, 0.29) is 0 Å². The predicted molar refractivity (Wildman–Crippen MR) is 55.3 cm³/mol. The van der Waals surface area contributed by atoms with Crippen molar-refractivity contribution in [2.24, 2.45) is 0 Å². The molecule has 0 aliphatic heterocycles. The van der Waals surface area contributed by atoms with Gasteiger partial charge in [0.2, 0.25) is 6.41 Å². The Bertz CT molecular complexity index is 207. The summed E-state index contributed by atoms with van der Waals surface area (Å²) in [5.41, 5.74) is 2.22. The fourth-order valence-electron chi connectivity index (χ4n) is 0.954. The molecule has 0 aromatic rings. The normalized spacial score (nSPS) is 12.5. The van der Waals surface area contributed by atoms with Gasteiger partial charge < -0.3 is 10.6 Å². The van der Waals surface area contributed by atoms with Crippen molar-refractivity contribution in [2.75, 3.05) is 13.6 Å². The fraction of sp³-hybridized carbons (Fsp3) is 0.500. The zero-order valence-electron chi connectivity index (χ0n) is 8.55. The van der Waals surface area contributed by atoms with Gasteiger partial charge in [-0.05, 0) is 25.0 Å². The van der Waals surface area contributed by atoms with Crippen LogP contribution in [0.4, 0.5) is 0 Å². The van der Waals surface area contributed by atoms with E-state index in [1.165, 1.54) is 0 Å². The van der Waals surface area contributed by atoms with Crippen molar-refractivity contribution < 1.29 is 4.79 Å². The molecule has 0 rings (SSSR count). The molecule has 0 heterocycles. The van der Waals surface area contributed by atoms with Gasteiger partial charge in [0.15, 0.2) is 0 Å². The van der Waals surface area contributed by atoms with Crippen molar-refractivity contribution in [3.8, 4) is 0 Å². The van der Waals surface area contributed by atoms with Crippen LogP contribution in [0.15, 0.2) is 23.4 Å². The first kappa shape index (κ1) is 11.8. The Hall–Kier alpha value is -1.25. The molecule has 1 amide bonds. The van der Waals surface area contributed by atoms with Gasteiger partial charge in [0, 0.05) is 19.3 Å². The largest absolute Gasteiger partial charge is 0.392 e. The lowest BCUT2D eigenvalue weighted by Gasteiger charge is -2.03. The molecule has 0 atom stereocenters. The summed E-state index contributed by atoms with van der Waals surface area (Å²) < 4.78 is 0. The van der Waals surface area contributed by atoms with E-state index in [9.17, 15) is 4.79 Å². The molecule has 3 heteroatoms. The summed E-state index contributed by atoms with van der Waals surface area (Å²) in [4.78, 5) is 10.1. The molecular formula is C10H18N2O. The van der Waals surface area contributed by atoms with Gasteiger partial charge in [-0.1, -0.05) is 13.0 Å². The highest BCUT2D eigenvalue weighted by Crippen LogP contribution is 2.00. The van der Waals surface area contributed by atoms with E-state index in [1.54, 1.807) is 0 Å². The van der Waals surface area contributed by atoms with Crippen LogP contribution in [0.3, 0.4) is 0 Å². The minimum atomic E-state index is 0.594. The molecule has 0 bridgehead atoms. The van der Waals surface area contributed by atoms with E-state index in [4.69, 9.17) is 0 Å². The summed E-state index contributed by atoms with van der Waals surface area (Å²) in [5.74, 6) is 0. The summed E-state index contributed by atoms with van der Waals surface area (Å²) in [6.07, 6.45) is 5.81. The van der Waals surface area contributed by atoms with Crippen LogP contribution in [0.25, 0.3) is 0 Å². The lowest BCUT2D eigenvalue weighted by Crippen LogP contribution is -2.14. The van der Waals surface area contributed by atoms with E-state index in [0.29, 0.717) is 13.0 Å². The smallest absolute Gasteiger partial charge is 0.207 e. The first-order chi connectivity index (χ1) is 6.24. The summed E-state index contributed by atoms with van der Waals surface area (Å²) in [6, 6.07) is 0. The van der Waals surface area contributed by atoms with Crippen molar-refractivity contribution in [2.45, 2.75) is 20.3 Å². The highest BCUT2D eigenvalue weighted by molar-refractivity contribution is 5.47. The van der Waals surface area contributed by atoms with Gasteiger partial charge >= 0.3 is 0 Å². The number of hydrogen-bond donors (Lipinski definition) is 2. The molecule has 13 heavy (non-hydrogen) atoms. The molecule has 0 aliphatic rings. The Balaban J connectivity index is 4.25. The molecule has 0 fully saturated rings. The zero-order chi connectivity index (χ0) is 10.1. The molecule has 0 aromatic carbocycles. The van der Waals surface area contributed by atoms with Crippen molar-refractivity contribution in [3.63, 3.8) is 0 Å². The quantitative estimate of drug-likeness (QED) is 0.478. The van der Waals surface area contributed by atoms with E-state index in [0.717, 1.165) is 17.7 Å². The molecule has 74 valence electrons. The van der Waals surface area contributed by atoms with Crippen LogP contribution in [0.1, 0.15) is 20.3 Å². The van der Waals surface area contributed by atoms with Gasteiger partial charge in [0.1, 0.15) is 0 Å². The van der Waals surface area contributed by atoms with E-state index >= 15 is 0 Å². The zero-order valence-corrected chi connectivity index (χ0v) is 8.55. The first-order valence-corrected chi connectivity index (χ1v) is 4.46. The molecule has 0 aliphatic carbocycles. The summed E-state index contributed by atoms with van der Waals surface area (Å²) in [7, 11) is 1.88. The molecule has 0 saturated heterocycles. The fourth-order valence-corrected chi connectivity index (χ4v) is 0.954. The molecule has 3 nitrogen and oxygen atoms in total. The van der Waals surface area contributed by atoms with E-state index < -0.39 is 0 Å². The number of nitrogens with one attached hydrogen (secondary N) is 2. The molecule has 0 spiro atoms. The van der Waals surface area contributed by atoms with Gasteiger partial charge in [-0.25, -0.2) is 0 Å². The van der Waals surface area contributed by atoms with Gasteiger partial charge in [0.05, 0.1) is 0 Å². The van der Waals surface area contributed by atoms with Crippen molar-refractivity contribution >= 4 is 6.41 Å². The number of allylic oxidation sites excluding steroid dienone is 2. The SMILES string of the molecule is CC/C=C(\C=C(/C)NC)CNC=O. The molecule has 2 N–H and O–H groups in total. The minimum Gasteiger partial charge on any atom is -0.392 e. The summed E-state index contributed by atoms with van der Waals surface area (Å²) in [5, 5.41) is 5.68. The van der Waals surface area contributed by atoms with Gasteiger partial charge in [-0.15, -0.1) is 0 Å². The second-order valence-electron chi connectivity index (χ2n) is 2.76. The second-order valence-corrected chi connectivity index (χ2v) is 2.76. The van der Waals surface area contributed by atoms with E-state index in [1.807, 2.05) is 20.0 Å². The van der Waals surface area contributed by atoms with Crippen molar-refractivity contribution in [1.82, 2.24) is 10.6 Å². The number of carbonyl (C=O) groups excluding carboxylic acids is 1. The maximum Gasteiger partial charge on any atom is 0.207 e. The molecule has 0 radical (unpaired) electrons. The lowest BCUT2D eigenvalue weighted by atomic mass is 10.2. The van der Waals surface area contributed by atoms with Crippen molar-refractivity contribution in [3.05, 3.63) is 23.4 Å². The van der Waals surface area contributed by atoms with Crippen LogP contribution in [0.2, 0.25) is 0 Å². The maximum atomic E-state index is 10.1. The second kappa shape index (κ2) is 7.40. The topological polar surface area (TPSA) is 41.1 Å². The molecule has 0 saturated carbocycles. The van der Waals surface area contributed by atoms with Crippen LogP contribution in [-0.2, 0) is 4.79 Å². The molecule has 0 aromatic heterocycles. The Morgan fingerprint density at radius 1 is 1.46 bits per heavy atom. The Labute approximate surface area is 79.9 Å². The third kappa shape index (κ3) is 5.96. The Morgan fingerprint density at radius 3 is 2.62 bits per heavy atom. The predicted octanol–water partition coefficient (Wildman–Crippen LogP) is 1.19.